The number of amides is 1. The topological polar surface area (TPSA) is 94.7 Å². The van der Waals surface area contributed by atoms with Gasteiger partial charge in [-0.2, -0.15) is 11.8 Å². The lowest BCUT2D eigenvalue weighted by molar-refractivity contribution is -0.123. The summed E-state index contributed by atoms with van der Waals surface area (Å²) in [6, 6.07) is 11.5. The number of nitrogens with one attached hydrogen (secondary N) is 4. The maximum Gasteiger partial charge on any atom is 0.239 e. The van der Waals surface area contributed by atoms with E-state index in [-0.39, 0.29) is 24.0 Å². The Bertz CT molecular complexity index is 898. The number of pyridine rings is 1. The van der Waals surface area contributed by atoms with Crippen LogP contribution < -0.4 is 16.2 Å². The zero-order chi connectivity index (χ0) is 19.3. The van der Waals surface area contributed by atoms with Crippen LogP contribution in [0, 0.1) is 0 Å². The molecule has 1 aliphatic heterocycles. The van der Waals surface area contributed by atoms with Crippen LogP contribution in [0.4, 0.5) is 0 Å². The number of carbonyl (C=O) groups is 1. The standard InChI is InChI=1S/C20H24N6OS/c1-28-11-8-16(19-22-14-4-2-3-5-15(14)23-19)24-20(27)18-12-17(25-26-18)13-6-9-21-10-7-13/h2-7,9-10,16-18,25-26H,8,11-12H2,1H3,(H,22,23)(H,24,27). The van der Waals surface area contributed by atoms with Crippen molar-refractivity contribution in [3.63, 3.8) is 0 Å². The summed E-state index contributed by atoms with van der Waals surface area (Å²) in [6.07, 6.45) is 7.11. The number of aromatic amines is 1. The molecule has 0 aliphatic carbocycles. The highest BCUT2D eigenvalue weighted by atomic mass is 32.2. The Hall–Kier alpha value is -2.42. The van der Waals surface area contributed by atoms with Crippen LogP contribution in [0.1, 0.15) is 36.3 Å². The van der Waals surface area contributed by atoms with Crippen LogP contribution in [0.2, 0.25) is 0 Å². The van der Waals surface area contributed by atoms with Gasteiger partial charge in [0.1, 0.15) is 11.9 Å². The Morgan fingerprint density at radius 1 is 1.25 bits per heavy atom. The van der Waals surface area contributed by atoms with Crippen molar-refractivity contribution >= 4 is 28.7 Å². The number of nitrogens with zero attached hydrogens (tertiary/aromatic N) is 2. The molecule has 4 N–H and O–H groups in total. The van der Waals surface area contributed by atoms with Crippen LogP contribution in [-0.2, 0) is 4.79 Å². The Morgan fingerprint density at radius 2 is 2.07 bits per heavy atom. The molecule has 146 valence electrons. The second-order valence-corrected chi connectivity index (χ2v) is 7.88. The van der Waals surface area contributed by atoms with Gasteiger partial charge in [0.2, 0.25) is 5.91 Å². The Labute approximate surface area is 168 Å². The van der Waals surface area contributed by atoms with Crippen molar-refractivity contribution in [2.45, 2.75) is 31.0 Å². The largest absolute Gasteiger partial charge is 0.345 e. The summed E-state index contributed by atoms with van der Waals surface area (Å²) in [4.78, 5) is 25.0. The Kier molecular flexibility index (Phi) is 5.90. The SMILES string of the molecule is CSCCC(NC(=O)C1CC(c2ccncc2)NN1)c1nc2ccccc2[nH]1. The summed E-state index contributed by atoms with van der Waals surface area (Å²) >= 11 is 1.76. The lowest BCUT2D eigenvalue weighted by Gasteiger charge is -2.19. The zero-order valence-electron chi connectivity index (χ0n) is 15.7. The van der Waals surface area contributed by atoms with Crippen molar-refractivity contribution < 1.29 is 4.79 Å². The van der Waals surface area contributed by atoms with Crippen molar-refractivity contribution in [2.24, 2.45) is 0 Å². The van der Waals surface area contributed by atoms with Gasteiger partial charge in [-0.25, -0.2) is 15.8 Å². The minimum Gasteiger partial charge on any atom is -0.345 e. The van der Waals surface area contributed by atoms with Gasteiger partial charge in [-0.3, -0.25) is 9.78 Å². The number of fused-ring (bicyclic) bond motifs is 1. The van der Waals surface area contributed by atoms with E-state index in [2.05, 4.69) is 37.4 Å². The molecule has 0 bridgehead atoms. The van der Waals surface area contributed by atoms with E-state index in [0.717, 1.165) is 34.6 Å². The third kappa shape index (κ3) is 4.19. The molecular weight excluding hydrogens is 372 g/mol. The van der Waals surface area contributed by atoms with E-state index in [1.807, 2.05) is 36.4 Å². The van der Waals surface area contributed by atoms with Gasteiger partial charge in [0.05, 0.1) is 17.1 Å². The number of H-pyrrole nitrogens is 1. The van der Waals surface area contributed by atoms with Gasteiger partial charge in [0.25, 0.3) is 0 Å². The van der Waals surface area contributed by atoms with Crippen molar-refractivity contribution in [2.75, 3.05) is 12.0 Å². The quantitative estimate of drug-likeness (QED) is 0.490. The first kappa shape index (κ1) is 18.9. The molecule has 0 radical (unpaired) electrons. The fraction of sp³-hybridized carbons (Fsp3) is 0.350. The van der Waals surface area contributed by atoms with E-state index >= 15 is 0 Å². The molecule has 1 aromatic carbocycles. The second-order valence-electron chi connectivity index (χ2n) is 6.89. The first-order chi connectivity index (χ1) is 13.7. The molecule has 8 heteroatoms. The Balaban J connectivity index is 1.45. The summed E-state index contributed by atoms with van der Waals surface area (Å²) in [6.45, 7) is 0. The summed E-state index contributed by atoms with van der Waals surface area (Å²) in [5.74, 6) is 1.73. The van der Waals surface area contributed by atoms with Gasteiger partial charge < -0.3 is 10.3 Å². The molecule has 3 heterocycles. The average Bonchev–Trinajstić information content (AvgIpc) is 3.39. The minimum absolute atomic E-state index is 0.0179. The van der Waals surface area contributed by atoms with Crippen molar-refractivity contribution in [1.82, 2.24) is 31.1 Å². The van der Waals surface area contributed by atoms with Crippen LogP contribution >= 0.6 is 11.8 Å². The average molecular weight is 397 g/mol. The number of hydrogen-bond acceptors (Lipinski definition) is 6. The molecule has 4 rings (SSSR count). The van der Waals surface area contributed by atoms with Gasteiger partial charge in [0.15, 0.2) is 0 Å². The van der Waals surface area contributed by atoms with Crippen molar-refractivity contribution in [1.29, 1.82) is 0 Å². The molecule has 3 aromatic rings. The first-order valence-corrected chi connectivity index (χ1v) is 10.8. The van der Waals surface area contributed by atoms with Gasteiger partial charge in [-0.1, -0.05) is 12.1 Å². The van der Waals surface area contributed by atoms with Crippen LogP contribution in [-0.4, -0.2) is 38.9 Å². The molecule has 3 atom stereocenters. The fourth-order valence-corrected chi connectivity index (χ4v) is 3.94. The molecule has 0 spiro atoms. The predicted molar refractivity (Wildman–Crippen MR) is 112 cm³/mol. The number of rotatable bonds is 7. The third-order valence-corrected chi connectivity index (χ3v) is 5.64. The third-order valence-electron chi connectivity index (χ3n) is 4.99. The van der Waals surface area contributed by atoms with E-state index < -0.39 is 0 Å². The maximum atomic E-state index is 12.9. The van der Waals surface area contributed by atoms with Crippen LogP contribution in [0.3, 0.4) is 0 Å². The van der Waals surface area contributed by atoms with E-state index in [9.17, 15) is 4.79 Å². The molecule has 3 unspecified atom stereocenters. The molecule has 1 aliphatic rings. The number of thioether (sulfide) groups is 1. The number of para-hydroxylation sites is 2. The number of hydrazine groups is 1. The van der Waals surface area contributed by atoms with E-state index in [0.29, 0.717) is 6.42 Å². The molecular formula is C20H24N6OS. The van der Waals surface area contributed by atoms with Crippen LogP contribution in [0.15, 0.2) is 48.8 Å². The zero-order valence-corrected chi connectivity index (χ0v) is 16.5. The number of carbonyl (C=O) groups excluding carboxylic acids is 1. The van der Waals surface area contributed by atoms with E-state index in [1.54, 1.807) is 24.2 Å². The molecule has 1 amide bonds. The molecule has 1 fully saturated rings. The maximum absolute atomic E-state index is 12.9. The lowest BCUT2D eigenvalue weighted by Crippen LogP contribution is -2.44. The molecule has 1 saturated heterocycles. The first-order valence-electron chi connectivity index (χ1n) is 9.39. The number of imidazole rings is 1. The highest BCUT2D eigenvalue weighted by molar-refractivity contribution is 7.98. The number of hydrogen-bond donors (Lipinski definition) is 4. The molecule has 28 heavy (non-hydrogen) atoms. The van der Waals surface area contributed by atoms with Crippen LogP contribution in [0.25, 0.3) is 11.0 Å². The van der Waals surface area contributed by atoms with Crippen LogP contribution in [0.5, 0.6) is 0 Å². The summed E-state index contributed by atoms with van der Waals surface area (Å²) in [5, 5.41) is 3.18. The monoisotopic (exact) mass is 396 g/mol. The number of benzene rings is 1. The summed E-state index contributed by atoms with van der Waals surface area (Å²) in [7, 11) is 0. The molecule has 2 aromatic heterocycles. The molecule has 0 saturated carbocycles. The van der Waals surface area contributed by atoms with Gasteiger partial charge in [-0.15, -0.1) is 0 Å². The summed E-state index contributed by atoms with van der Waals surface area (Å²) in [5.41, 5.74) is 9.36. The molecule has 7 nitrogen and oxygen atoms in total. The Morgan fingerprint density at radius 3 is 2.86 bits per heavy atom. The lowest BCUT2D eigenvalue weighted by atomic mass is 10.0. The highest BCUT2D eigenvalue weighted by Crippen LogP contribution is 2.24. The highest BCUT2D eigenvalue weighted by Gasteiger charge is 2.31. The van der Waals surface area contributed by atoms with Crippen molar-refractivity contribution in [3.05, 3.63) is 60.2 Å². The smallest absolute Gasteiger partial charge is 0.239 e. The number of aromatic nitrogens is 3. The van der Waals surface area contributed by atoms with Gasteiger partial charge >= 0.3 is 0 Å². The van der Waals surface area contributed by atoms with Crippen molar-refractivity contribution in [3.8, 4) is 0 Å². The normalized spacial score (nSPS) is 20.3. The fourth-order valence-electron chi connectivity index (χ4n) is 3.47. The van der Waals surface area contributed by atoms with E-state index in [4.69, 9.17) is 0 Å². The van der Waals surface area contributed by atoms with Gasteiger partial charge in [0, 0.05) is 18.4 Å². The van der Waals surface area contributed by atoms with Gasteiger partial charge in [-0.05, 0) is 54.7 Å². The summed E-state index contributed by atoms with van der Waals surface area (Å²) < 4.78 is 0. The van der Waals surface area contributed by atoms with E-state index in [1.165, 1.54) is 0 Å². The second kappa shape index (κ2) is 8.72. The predicted octanol–water partition coefficient (Wildman–Crippen LogP) is 2.48. The minimum atomic E-state index is -0.292.